The van der Waals surface area contributed by atoms with Gasteiger partial charge in [0.05, 0.1) is 11.8 Å². The van der Waals surface area contributed by atoms with Gasteiger partial charge in [-0.25, -0.2) is 0 Å². The highest BCUT2D eigenvalue weighted by Gasteiger charge is 2.60. The lowest BCUT2D eigenvalue weighted by atomic mass is 9.81. The lowest BCUT2D eigenvalue weighted by molar-refractivity contribution is -0.143. The molecule has 0 unspecified atom stereocenters. The summed E-state index contributed by atoms with van der Waals surface area (Å²) in [5.74, 6) is -0.513. The molecule has 1 heterocycles. The Morgan fingerprint density at radius 2 is 1.69 bits per heavy atom. The first-order valence-corrected chi connectivity index (χ1v) is 5.73. The molecule has 5 heteroatoms. The molecule has 3 rings (SSSR count). The SMILES string of the molecule is NC(=O)CN1C(=O)[C@@H]2[C@@H]3CC[C@@H](C3)[C@H]2C1=O. The minimum Gasteiger partial charge on any atom is -0.368 e. The van der Waals surface area contributed by atoms with Crippen LogP contribution in [0.2, 0.25) is 0 Å². The molecule has 0 aromatic heterocycles. The zero-order valence-corrected chi connectivity index (χ0v) is 8.89. The van der Waals surface area contributed by atoms with Gasteiger partial charge < -0.3 is 5.73 Å². The maximum Gasteiger partial charge on any atom is 0.237 e. The predicted molar refractivity (Wildman–Crippen MR) is 53.7 cm³/mol. The van der Waals surface area contributed by atoms with Gasteiger partial charge in [-0.05, 0) is 31.1 Å². The van der Waals surface area contributed by atoms with Crippen molar-refractivity contribution in [2.45, 2.75) is 19.3 Å². The Kier molecular flexibility index (Phi) is 1.87. The second-order valence-electron chi connectivity index (χ2n) is 5.11. The number of carbonyl (C=O) groups excluding carboxylic acids is 3. The minimum absolute atomic E-state index is 0.148. The summed E-state index contributed by atoms with van der Waals surface area (Å²) in [5, 5.41) is 0. The standard InChI is InChI=1S/C11H14N2O3/c12-7(14)4-13-10(15)8-5-1-2-6(3-5)9(8)11(13)16/h5-6,8-9H,1-4H2,(H2,12,14)/t5-,6+,8-,9-/m1/s1. The molecule has 0 radical (unpaired) electrons. The Morgan fingerprint density at radius 3 is 2.12 bits per heavy atom. The fourth-order valence-corrected chi connectivity index (χ4v) is 3.78. The zero-order valence-electron chi connectivity index (χ0n) is 8.89. The number of hydrogen-bond acceptors (Lipinski definition) is 3. The lowest BCUT2D eigenvalue weighted by Gasteiger charge is -2.19. The quantitative estimate of drug-likeness (QED) is 0.640. The first-order chi connectivity index (χ1) is 7.59. The van der Waals surface area contributed by atoms with Crippen LogP contribution in [0.5, 0.6) is 0 Å². The van der Waals surface area contributed by atoms with Gasteiger partial charge in [0, 0.05) is 0 Å². The van der Waals surface area contributed by atoms with E-state index in [0.29, 0.717) is 11.8 Å². The van der Waals surface area contributed by atoms with Crippen molar-refractivity contribution in [3.63, 3.8) is 0 Å². The molecular formula is C11H14N2O3. The Morgan fingerprint density at radius 1 is 1.19 bits per heavy atom. The molecule has 4 atom stereocenters. The van der Waals surface area contributed by atoms with E-state index in [1.54, 1.807) is 0 Å². The third kappa shape index (κ3) is 1.08. The summed E-state index contributed by atoms with van der Waals surface area (Å²) < 4.78 is 0. The number of nitrogens with two attached hydrogens (primary N) is 1. The van der Waals surface area contributed by atoms with Crippen LogP contribution in [0.25, 0.3) is 0 Å². The zero-order chi connectivity index (χ0) is 11.4. The van der Waals surface area contributed by atoms with Crippen molar-refractivity contribution < 1.29 is 14.4 Å². The summed E-state index contributed by atoms with van der Waals surface area (Å²) in [6.07, 6.45) is 3.11. The highest BCUT2D eigenvalue weighted by Crippen LogP contribution is 2.55. The molecule has 2 aliphatic carbocycles. The molecular weight excluding hydrogens is 208 g/mol. The smallest absolute Gasteiger partial charge is 0.237 e. The topological polar surface area (TPSA) is 80.5 Å². The molecule has 2 bridgehead atoms. The van der Waals surface area contributed by atoms with Crippen molar-refractivity contribution in [3.05, 3.63) is 0 Å². The van der Waals surface area contributed by atoms with Crippen molar-refractivity contribution in [1.82, 2.24) is 4.90 Å². The van der Waals surface area contributed by atoms with E-state index >= 15 is 0 Å². The normalized spacial score (nSPS) is 40.6. The first kappa shape index (κ1) is 9.81. The highest BCUT2D eigenvalue weighted by molar-refractivity contribution is 6.08. The summed E-state index contributed by atoms with van der Waals surface area (Å²) in [5.41, 5.74) is 5.05. The van der Waals surface area contributed by atoms with Gasteiger partial charge in [0.2, 0.25) is 17.7 Å². The van der Waals surface area contributed by atoms with Gasteiger partial charge in [-0.3, -0.25) is 19.3 Å². The average Bonchev–Trinajstić information content (AvgIpc) is 2.87. The molecule has 1 saturated heterocycles. The van der Waals surface area contributed by atoms with Crippen molar-refractivity contribution in [1.29, 1.82) is 0 Å². The number of carbonyl (C=O) groups is 3. The number of fused-ring (bicyclic) bond motifs is 5. The Balaban J connectivity index is 1.89. The van der Waals surface area contributed by atoms with Crippen LogP contribution in [0.4, 0.5) is 0 Å². The van der Waals surface area contributed by atoms with Gasteiger partial charge in [0.25, 0.3) is 0 Å². The monoisotopic (exact) mass is 222 g/mol. The fourth-order valence-electron chi connectivity index (χ4n) is 3.78. The molecule has 16 heavy (non-hydrogen) atoms. The molecule has 5 nitrogen and oxygen atoms in total. The molecule has 2 N–H and O–H groups in total. The van der Waals surface area contributed by atoms with E-state index in [-0.39, 0.29) is 30.2 Å². The summed E-state index contributed by atoms with van der Waals surface area (Å²) in [4.78, 5) is 35.9. The first-order valence-electron chi connectivity index (χ1n) is 5.73. The number of likely N-dealkylation sites (tertiary alicyclic amines) is 1. The van der Waals surface area contributed by atoms with E-state index < -0.39 is 5.91 Å². The summed E-state index contributed by atoms with van der Waals surface area (Å²) in [6.45, 7) is -0.246. The Hall–Kier alpha value is -1.39. The second-order valence-corrected chi connectivity index (χ2v) is 5.11. The van der Waals surface area contributed by atoms with E-state index in [1.165, 1.54) is 0 Å². The highest BCUT2D eigenvalue weighted by atomic mass is 16.2. The molecule has 2 saturated carbocycles. The van der Waals surface area contributed by atoms with Crippen molar-refractivity contribution in [3.8, 4) is 0 Å². The third-order valence-corrected chi connectivity index (χ3v) is 4.33. The molecule has 3 amide bonds. The predicted octanol–water partition coefficient (Wildman–Crippen LogP) is -0.497. The van der Waals surface area contributed by atoms with Gasteiger partial charge in [-0.2, -0.15) is 0 Å². The summed E-state index contributed by atoms with van der Waals surface area (Å²) in [6, 6.07) is 0. The van der Waals surface area contributed by atoms with E-state index in [9.17, 15) is 14.4 Å². The van der Waals surface area contributed by atoms with E-state index in [1.807, 2.05) is 0 Å². The van der Waals surface area contributed by atoms with Gasteiger partial charge >= 0.3 is 0 Å². The van der Waals surface area contributed by atoms with E-state index in [0.717, 1.165) is 24.2 Å². The van der Waals surface area contributed by atoms with Crippen LogP contribution >= 0.6 is 0 Å². The summed E-state index contributed by atoms with van der Waals surface area (Å²) in [7, 11) is 0. The van der Waals surface area contributed by atoms with E-state index in [2.05, 4.69) is 0 Å². The molecule has 1 aliphatic heterocycles. The number of nitrogens with zero attached hydrogens (tertiary/aromatic N) is 1. The average molecular weight is 222 g/mol. The lowest BCUT2D eigenvalue weighted by Crippen LogP contribution is -2.39. The largest absolute Gasteiger partial charge is 0.368 e. The van der Waals surface area contributed by atoms with Gasteiger partial charge in [0.1, 0.15) is 6.54 Å². The fraction of sp³-hybridized carbons (Fsp3) is 0.727. The van der Waals surface area contributed by atoms with Gasteiger partial charge in [-0.15, -0.1) is 0 Å². The maximum absolute atomic E-state index is 12.0. The minimum atomic E-state index is -0.617. The van der Waals surface area contributed by atoms with E-state index in [4.69, 9.17) is 5.73 Å². The molecule has 0 aromatic carbocycles. The number of rotatable bonds is 2. The Labute approximate surface area is 93.0 Å². The van der Waals surface area contributed by atoms with Crippen LogP contribution in [0.3, 0.4) is 0 Å². The van der Waals surface area contributed by atoms with Crippen molar-refractivity contribution >= 4 is 17.7 Å². The molecule has 0 spiro atoms. The molecule has 0 aromatic rings. The molecule has 3 aliphatic rings. The number of amides is 3. The van der Waals surface area contributed by atoms with Crippen LogP contribution in [-0.4, -0.2) is 29.2 Å². The summed E-state index contributed by atoms with van der Waals surface area (Å²) >= 11 is 0. The van der Waals surface area contributed by atoms with Crippen molar-refractivity contribution in [2.24, 2.45) is 29.4 Å². The number of hydrogen-bond donors (Lipinski definition) is 1. The van der Waals surface area contributed by atoms with Crippen LogP contribution < -0.4 is 5.73 Å². The van der Waals surface area contributed by atoms with Gasteiger partial charge in [-0.1, -0.05) is 0 Å². The van der Waals surface area contributed by atoms with Crippen LogP contribution in [0, 0.1) is 23.7 Å². The van der Waals surface area contributed by atoms with Gasteiger partial charge in [0.15, 0.2) is 0 Å². The van der Waals surface area contributed by atoms with Crippen LogP contribution in [-0.2, 0) is 14.4 Å². The molecule has 86 valence electrons. The molecule has 3 fully saturated rings. The maximum atomic E-state index is 12.0. The number of primary amides is 1. The van der Waals surface area contributed by atoms with Crippen LogP contribution in [0.15, 0.2) is 0 Å². The Bertz CT molecular complexity index is 365. The van der Waals surface area contributed by atoms with Crippen molar-refractivity contribution in [2.75, 3.05) is 6.54 Å². The van der Waals surface area contributed by atoms with Crippen LogP contribution in [0.1, 0.15) is 19.3 Å². The second kappa shape index (κ2) is 3.06. The number of imide groups is 1. The third-order valence-electron chi connectivity index (χ3n) is 4.33.